The molecule has 114 valence electrons. The van der Waals surface area contributed by atoms with Gasteiger partial charge in [0.15, 0.2) is 0 Å². The average molecular weight is 276 g/mol. The van der Waals surface area contributed by atoms with Gasteiger partial charge in [0, 0.05) is 18.6 Å². The van der Waals surface area contributed by atoms with E-state index >= 15 is 0 Å². The number of aryl methyl sites for hydroxylation is 2. The maximum absolute atomic E-state index is 3.66. The molecule has 1 rings (SSSR count). The zero-order valence-electron chi connectivity index (χ0n) is 14.2. The summed E-state index contributed by atoms with van der Waals surface area (Å²) >= 11 is 0. The van der Waals surface area contributed by atoms with E-state index in [0.717, 1.165) is 19.6 Å². The molecular weight excluding hydrogens is 244 g/mol. The first kappa shape index (κ1) is 17.2. The van der Waals surface area contributed by atoms with Crippen LogP contribution in [0.4, 0.5) is 0 Å². The van der Waals surface area contributed by atoms with Crippen molar-refractivity contribution in [2.75, 3.05) is 19.6 Å². The Balaban J connectivity index is 2.92. The zero-order valence-corrected chi connectivity index (χ0v) is 14.2. The third-order valence-electron chi connectivity index (χ3n) is 4.13. The lowest BCUT2D eigenvalue weighted by atomic mass is 10.00. The Hall–Kier alpha value is -0.860. The highest BCUT2D eigenvalue weighted by atomic mass is 15.2. The molecule has 2 atom stereocenters. The van der Waals surface area contributed by atoms with Crippen LogP contribution < -0.4 is 5.32 Å². The molecule has 2 unspecified atom stereocenters. The van der Waals surface area contributed by atoms with Gasteiger partial charge in [0.25, 0.3) is 0 Å². The molecule has 0 amide bonds. The molecule has 0 radical (unpaired) electrons. The normalized spacial score (nSPS) is 14.6. The number of nitrogens with zero attached hydrogens (tertiary/aromatic N) is 1. The summed E-state index contributed by atoms with van der Waals surface area (Å²) in [6, 6.07) is 7.97. The lowest BCUT2D eigenvalue weighted by Crippen LogP contribution is -2.40. The first-order valence-corrected chi connectivity index (χ1v) is 8.07. The molecule has 0 heterocycles. The Bertz CT molecular complexity index is 380. The van der Waals surface area contributed by atoms with E-state index in [2.05, 4.69) is 70.0 Å². The van der Waals surface area contributed by atoms with Crippen molar-refractivity contribution >= 4 is 0 Å². The summed E-state index contributed by atoms with van der Waals surface area (Å²) in [5.74, 6) is 0. The van der Waals surface area contributed by atoms with Crippen molar-refractivity contribution in [2.45, 2.75) is 60.0 Å². The lowest BCUT2D eigenvalue weighted by molar-refractivity contribution is 0.192. The first-order chi connectivity index (χ1) is 9.51. The molecule has 0 aliphatic heterocycles. The Morgan fingerprint density at radius 2 is 1.65 bits per heavy atom. The quantitative estimate of drug-likeness (QED) is 0.770. The van der Waals surface area contributed by atoms with Crippen LogP contribution in [0.3, 0.4) is 0 Å². The van der Waals surface area contributed by atoms with E-state index < -0.39 is 0 Å². The minimum atomic E-state index is 0.424. The summed E-state index contributed by atoms with van der Waals surface area (Å²) < 4.78 is 0. The Morgan fingerprint density at radius 1 is 1.05 bits per heavy atom. The molecule has 0 aliphatic rings. The van der Waals surface area contributed by atoms with Gasteiger partial charge in [0.1, 0.15) is 0 Å². The van der Waals surface area contributed by atoms with E-state index in [4.69, 9.17) is 0 Å². The monoisotopic (exact) mass is 276 g/mol. The molecule has 2 heteroatoms. The van der Waals surface area contributed by atoms with Crippen LogP contribution in [0.1, 0.15) is 56.8 Å². The molecule has 0 aromatic heterocycles. The van der Waals surface area contributed by atoms with Crippen LogP contribution in [-0.4, -0.2) is 30.6 Å². The predicted octanol–water partition coefficient (Wildman–Crippen LogP) is 4.07. The van der Waals surface area contributed by atoms with E-state index in [1.807, 2.05) is 0 Å². The van der Waals surface area contributed by atoms with Gasteiger partial charge in [-0.3, -0.25) is 4.90 Å². The second-order valence-electron chi connectivity index (χ2n) is 5.88. The molecular formula is C18H32N2. The topological polar surface area (TPSA) is 15.3 Å². The largest absolute Gasteiger partial charge is 0.309 e. The highest BCUT2D eigenvalue weighted by Gasteiger charge is 2.18. The van der Waals surface area contributed by atoms with Crippen LogP contribution in [0.25, 0.3) is 0 Å². The van der Waals surface area contributed by atoms with Crippen LogP contribution in [-0.2, 0) is 0 Å². The van der Waals surface area contributed by atoms with Crippen molar-refractivity contribution in [3.8, 4) is 0 Å². The fourth-order valence-electron chi connectivity index (χ4n) is 2.86. The van der Waals surface area contributed by atoms with E-state index in [0.29, 0.717) is 12.1 Å². The molecule has 0 fully saturated rings. The highest BCUT2D eigenvalue weighted by molar-refractivity contribution is 5.31. The van der Waals surface area contributed by atoms with Crippen molar-refractivity contribution in [1.82, 2.24) is 10.2 Å². The van der Waals surface area contributed by atoms with Gasteiger partial charge in [-0.05, 0) is 45.8 Å². The highest BCUT2D eigenvalue weighted by Crippen LogP contribution is 2.19. The standard InChI is InChI=1S/C18H32N2/c1-7-16(6)20(9-3)13-18(19-8-2)17-11-14(4)10-15(5)12-17/h10-12,16,18-19H,7-9,13H2,1-6H3. The predicted molar refractivity (Wildman–Crippen MR) is 89.3 cm³/mol. The van der Waals surface area contributed by atoms with E-state index in [1.54, 1.807) is 0 Å². The van der Waals surface area contributed by atoms with Crippen LogP contribution in [0, 0.1) is 13.8 Å². The minimum absolute atomic E-state index is 0.424. The van der Waals surface area contributed by atoms with Crippen LogP contribution in [0.2, 0.25) is 0 Å². The molecule has 0 saturated carbocycles. The average Bonchev–Trinajstić information content (AvgIpc) is 2.41. The Kier molecular flexibility index (Phi) is 7.25. The summed E-state index contributed by atoms with van der Waals surface area (Å²) in [5, 5.41) is 3.66. The summed E-state index contributed by atoms with van der Waals surface area (Å²) in [4.78, 5) is 2.57. The van der Waals surface area contributed by atoms with Crippen molar-refractivity contribution in [1.29, 1.82) is 0 Å². The van der Waals surface area contributed by atoms with Crippen LogP contribution in [0.5, 0.6) is 0 Å². The Labute approximate surface area is 125 Å². The summed E-state index contributed by atoms with van der Waals surface area (Å²) in [5.41, 5.74) is 4.13. The van der Waals surface area contributed by atoms with Gasteiger partial charge in [0.2, 0.25) is 0 Å². The molecule has 1 aromatic rings. The molecule has 1 N–H and O–H groups in total. The number of likely N-dealkylation sites (N-methyl/N-ethyl adjacent to an activating group) is 2. The van der Waals surface area contributed by atoms with Gasteiger partial charge in [-0.2, -0.15) is 0 Å². The molecule has 0 bridgehead atoms. The number of hydrogen-bond donors (Lipinski definition) is 1. The smallest absolute Gasteiger partial charge is 0.0449 e. The van der Waals surface area contributed by atoms with Crippen LogP contribution >= 0.6 is 0 Å². The number of rotatable bonds is 8. The molecule has 1 aromatic carbocycles. The van der Waals surface area contributed by atoms with E-state index in [-0.39, 0.29) is 0 Å². The zero-order chi connectivity index (χ0) is 15.1. The third-order valence-corrected chi connectivity index (χ3v) is 4.13. The first-order valence-electron chi connectivity index (χ1n) is 8.07. The summed E-state index contributed by atoms with van der Waals surface area (Å²) in [6.07, 6.45) is 1.21. The van der Waals surface area contributed by atoms with E-state index in [9.17, 15) is 0 Å². The molecule has 20 heavy (non-hydrogen) atoms. The number of benzene rings is 1. The molecule has 0 aliphatic carbocycles. The second kappa shape index (κ2) is 8.43. The fraction of sp³-hybridized carbons (Fsp3) is 0.667. The Morgan fingerprint density at radius 3 is 2.10 bits per heavy atom. The summed E-state index contributed by atoms with van der Waals surface area (Å²) in [7, 11) is 0. The van der Waals surface area contributed by atoms with Crippen LogP contribution in [0.15, 0.2) is 18.2 Å². The lowest BCUT2D eigenvalue weighted by Gasteiger charge is -2.32. The van der Waals surface area contributed by atoms with Crippen molar-refractivity contribution in [3.63, 3.8) is 0 Å². The van der Waals surface area contributed by atoms with Crippen molar-refractivity contribution in [2.24, 2.45) is 0 Å². The molecule has 0 spiro atoms. The SMILES string of the molecule is CCNC(CN(CC)C(C)CC)c1cc(C)cc(C)c1. The fourth-order valence-corrected chi connectivity index (χ4v) is 2.86. The summed E-state index contributed by atoms with van der Waals surface area (Å²) in [6.45, 7) is 16.6. The van der Waals surface area contributed by atoms with Gasteiger partial charge < -0.3 is 5.32 Å². The number of nitrogens with one attached hydrogen (secondary N) is 1. The maximum Gasteiger partial charge on any atom is 0.0449 e. The van der Waals surface area contributed by atoms with Gasteiger partial charge in [-0.1, -0.05) is 50.1 Å². The molecule has 0 saturated heterocycles. The van der Waals surface area contributed by atoms with Crippen molar-refractivity contribution in [3.05, 3.63) is 34.9 Å². The van der Waals surface area contributed by atoms with Gasteiger partial charge in [-0.15, -0.1) is 0 Å². The van der Waals surface area contributed by atoms with Gasteiger partial charge >= 0.3 is 0 Å². The van der Waals surface area contributed by atoms with E-state index in [1.165, 1.54) is 23.1 Å². The van der Waals surface area contributed by atoms with Gasteiger partial charge in [0.05, 0.1) is 0 Å². The van der Waals surface area contributed by atoms with Gasteiger partial charge in [-0.25, -0.2) is 0 Å². The number of hydrogen-bond acceptors (Lipinski definition) is 2. The third kappa shape index (κ3) is 4.92. The van der Waals surface area contributed by atoms with Crippen molar-refractivity contribution < 1.29 is 0 Å². The minimum Gasteiger partial charge on any atom is -0.309 e. The second-order valence-corrected chi connectivity index (χ2v) is 5.88. The maximum atomic E-state index is 3.66. The molecule has 2 nitrogen and oxygen atoms in total.